The summed E-state index contributed by atoms with van der Waals surface area (Å²) in [5.74, 6) is 2.93. The monoisotopic (exact) mass is 493 g/mol. The highest BCUT2D eigenvalue weighted by molar-refractivity contribution is 7.91. The van der Waals surface area contributed by atoms with Crippen LogP contribution in [0.5, 0.6) is 0 Å². The van der Waals surface area contributed by atoms with E-state index in [1.165, 1.54) is 12.1 Å². The van der Waals surface area contributed by atoms with Gasteiger partial charge in [-0.2, -0.15) is 9.97 Å². The van der Waals surface area contributed by atoms with Crippen molar-refractivity contribution >= 4 is 34.8 Å². The van der Waals surface area contributed by atoms with Crippen LogP contribution >= 0.6 is 0 Å². The number of allylic oxidation sites excluding steroid dienone is 1. The molecule has 35 heavy (non-hydrogen) atoms. The number of benzene rings is 1. The normalized spacial score (nSPS) is 21.9. The fourth-order valence-corrected chi connectivity index (χ4v) is 5.97. The van der Waals surface area contributed by atoms with Gasteiger partial charge in [0.2, 0.25) is 16.7 Å². The molecule has 2 atom stereocenters. The van der Waals surface area contributed by atoms with Gasteiger partial charge in [-0.3, -0.25) is 4.99 Å². The van der Waals surface area contributed by atoms with Crippen LogP contribution in [0.2, 0.25) is 0 Å². The Kier molecular flexibility index (Phi) is 5.95. The number of hydrogen-bond donors (Lipinski definition) is 1. The zero-order valence-electron chi connectivity index (χ0n) is 18.9. The fraction of sp³-hybridized carbons (Fsp3) is 0.375. The van der Waals surface area contributed by atoms with Gasteiger partial charge in [-0.05, 0) is 48.6 Å². The van der Waals surface area contributed by atoms with E-state index < -0.39 is 11.2 Å². The third-order valence-electron chi connectivity index (χ3n) is 6.55. The predicted molar refractivity (Wildman–Crippen MR) is 130 cm³/mol. The molecule has 0 bridgehead atoms. The zero-order valence-corrected chi connectivity index (χ0v) is 19.7. The fourth-order valence-electron chi connectivity index (χ4n) is 4.66. The lowest BCUT2D eigenvalue weighted by Gasteiger charge is -2.30. The van der Waals surface area contributed by atoms with Crippen LogP contribution < -0.4 is 10.2 Å². The number of aliphatic imine (C=N–C) groups is 1. The standard InChI is InChI=1S/C24H24FN7O2S/c25-17-2-1-3-18(14-17)27-22-20-19(8-13-35(20)33)28-24(30-22)32-11-6-16(7-12-32)23-29-21(31-34-23)15-4-9-26-10-5-15/h1-4,9-10,14-16H,5-8,11-13H2,(H,27,28,30). The van der Waals surface area contributed by atoms with Crippen LogP contribution in [0, 0.1) is 5.82 Å². The number of nitrogens with one attached hydrogen (secondary N) is 1. The average molecular weight is 494 g/mol. The summed E-state index contributed by atoms with van der Waals surface area (Å²) in [5, 5.41) is 7.36. The minimum absolute atomic E-state index is 0.111. The summed E-state index contributed by atoms with van der Waals surface area (Å²) in [5.41, 5.74) is 1.35. The number of piperidine rings is 1. The number of hydrogen-bond acceptors (Lipinski definition) is 9. The topological polar surface area (TPSA) is 115 Å². The van der Waals surface area contributed by atoms with Crippen molar-refractivity contribution in [1.82, 2.24) is 20.1 Å². The molecule has 3 aliphatic rings. The quantitative estimate of drug-likeness (QED) is 0.533. The van der Waals surface area contributed by atoms with Crippen molar-refractivity contribution in [2.24, 2.45) is 4.99 Å². The molecule has 3 aliphatic heterocycles. The number of fused-ring (bicyclic) bond motifs is 1. The molecule has 11 heteroatoms. The summed E-state index contributed by atoms with van der Waals surface area (Å²) >= 11 is -1.17. The Hall–Kier alpha value is -3.31. The van der Waals surface area contributed by atoms with Gasteiger partial charge in [-0.15, -0.1) is 0 Å². The summed E-state index contributed by atoms with van der Waals surface area (Å²) in [6.45, 7) is 1.47. The van der Waals surface area contributed by atoms with Crippen LogP contribution in [0.15, 0.2) is 51.0 Å². The Morgan fingerprint density at radius 3 is 2.86 bits per heavy atom. The summed E-state index contributed by atoms with van der Waals surface area (Å²) < 4.78 is 31.9. The number of rotatable bonds is 5. The van der Waals surface area contributed by atoms with Crippen molar-refractivity contribution in [3.05, 3.63) is 59.8 Å². The molecule has 1 fully saturated rings. The summed E-state index contributed by atoms with van der Waals surface area (Å²) in [7, 11) is 0. The van der Waals surface area contributed by atoms with Crippen molar-refractivity contribution in [1.29, 1.82) is 0 Å². The van der Waals surface area contributed by atoms with E-state index in [0.29, 0.717) is 46.2 Å². The molecule has 0 amide bonds. The number of anilines is 3. The Labute approximate surface area is 204 Å². The second-order valence-electron chi connectivity index (χ2n) is 8.85. The first-order valence-electron chi connectivity index (χ1n) is 11.7. The molecule has 3 aromatic rings. The molecule has 2 unspecified atom stereocenters. The average Bonchev–Trinajstić information content (AvgIpc) is 3.52. The van der Waals surface area contributed by atoms with Crippen molar-refractivity contribution in [2.45, 2.75) is 42.4 Å². The van der Waals surface area contributed by atoms with Crippen LogP contribution in [-0.2, 0) is 17.6 Å². The smallest absolute Gasteiger partial charge is 0.229 e. The van der Waals surface area contributed by atoms with Gasteiger partial charge in [0, 0.05) is 49.4 Å². The zero-order chi connectivity index (χ0) is 23.8. The van der Waals surface area contributed by atoms with Gasteiger partial charge in [-0.25, -0.2) is 9.37 Å². The van der Waals surface area contributed by atoms with Gasteiger partial charge in [0.25, 0.3) is 0 Å². The van der Waals surface area contributed by atoms with Gasteiger partial charge in [0.15, 0.2) is 11.6 Å². The minimum atomic E-state index is -1.17. The lowest BCUT2D eigenvalue weighted by molar-refractivity contribution is 0.325. The lowest BCUT2D eigenvalue weighted by Crippen LogP contribution is -2.34. The van der Waals surface area contributed by atoms with E-state index in [-0.39, 0.29) is 17.7 Å². The van der Waals surface area contributed by atoms with Crippen molar-refractivity contribution in [3.63, 3.8) is 0 Å². The van der Waals surface area contributed by atoms with Crippen LogP contribution in [0.1, 0.15) is 48.5 Å². The molecule has 180 valence electrons. The molecule has 1 saturated heterocycles. The maximum Gasteiger partial charge on any atom is 0.229 e. The summed E-state index contributed by atoms with van der Waals surface area (Å²) in [4.78, 5) is 21.0. The van der Waals surface area contributed by atoms with Crippen LogP contribution in [0.25, 0.3) is 0 Å². The van der Waals surface area contributed by atoms with Crippen molar-refractivity contribution in [3.8, 4) is 0 Å². The molecule has 9 nitrogen and oxygen atoms in total. The molecule has 1 aromatic carbocycles. The summed E-state index contributed by atoms with van der Waals surface area (Å²) in [6, 6.07) is 6.17. The second-order valence-corrected chi connectivity index (χ2v) is 10.4. The highest BCUT2D eigenvalue weighted by Gasteiger charge is 2.34. The molecule has 5 heterocycles. The molecule has 1 N–H and O–H groups in total. The predicted octanol–water partition coefficient (Wildman–Crippen LogP) is 3.86. The number of nitrogens with zero attached hydrogens (tertiary/aromatic N) is 6. The Morgan fingerprint density at radius 2 is 2.06 bits per heavy atom. The van der Waals surface area contributed by atoms with Crippen molar-refractivity contribution in [2.75, 3.05) is 29.1 Å². The Bertz CT molecular complexity index is 1290. The number of halogens is 1. The third-order valence-corrected chi connectivity index (χ3v) is 8.01. The van der Waals surface area contributed by atoms with E-state index >= 15 is 0 Å². The van der Waals surface area contributed by atoms with Gasteiger partial charge in [-0.1, -0.05) is 17.3 Å². The first-order valence-corrected chi connectivity index (χ1v) is 13.0. The number of aromatic nitrogens is 4. The van der Waals surface area contributed by atoms with E-state index in [0.717, 1.165) is 38.0 Å². The van der Waals surface area contributed by atoms with Gasteiger partial charge < -0.3 is 19.3 Å². The lowest BCUT2D eigenvalue weighted by atomic mass is 9.97. The molecule has 6 rings (SSSR count). The largest absolute Gasteiger partial charge is 0.611 e. The maximum atomic E-state index is 13.7. The van der Waals surface area contributed by atoms with E-state index in [9.17, 15) is 8.94 Å². The summed E-state index contributed by atoms with van der Waals surface area (Å²) in [6.07, 6.45) is 8.71. The highest BCUT2D eigenvalue weighted by atomic mass is 32.2. The first kappa shape index (κ1) is 22.2. The third kappa shape index (κ3) is 4.53. The Balaban J connectivity index is 1.18. The van der Waals surface area contributed by atoms with Crippen LogP contribution in [0.4, 0.5) is 21.8 Å². The molecule has 0 aliphatic carbocycles. The molecule has 0 radical (unpaired) electrons. The molecule has 0 saturated carbocycles. The van der Waals surface area contributed by atoms with Crippen LogP contribution in [0.3, 0.4) is 0 Å². The maximum absolute atomic E-state index is 13.7. The van der Waals surface area contributed by atoms with Gasteiger partial charge in [0.1, 0.15) is 17.3 Å². The SMILES string of the molecule is [O-][S+]1CCc2nc(N3CCC(c4nc(C5C=CN=CC5)no4)CC3)nc(Nc3cccc(F)c3)c21. The Morgan fingerprint density at radius 1 is 1.17 bits per heavy atom. The molecule has 0 spiro atoms. The van der Waals surface area contributed by atoms with Gasteiger partial charge in [0.05, 0.1) is 0 Å². The molecular formula is C24H24FN7O2S. The first-order chi connectivity index (χ1) is 17.1. The van der Waals surface area contributed by atoms with Gasteiger partial charge >= 0.3 is 0 Å². The van der Waals surface area contributed by atoms with E-state index in [1.807, 2.05) is 12.3 Å². The highest BCUT2D eigenvalue weighted by Crippen LogP contribution is 2.36. The van der Waals surface area contributed by atoms with E-state index in [1.54, 1.807) is 18.3 Å². The van der Waals surface area contributed by atoms with E-state index in [4.69, 9.17) is 14.5 Å². The minimum Gasteiger partial charge on any atom is -0.611 e. The molecular weight excluding hydrogens is 469 g/mol. The number of aryl methyl sites for hydroxylation is 1. The van der Waals surface area contributed by atoms with Crippen molar-refractivity contribution < 1.29 is 13.5 Å². The molecule has 2 aromatic heterocycles. The van der Waals surface area contributed by atoms with E-state index in [2.05, 4.69) is 25.3 Å². The van der Waals surface area contributed by atoms with Crippen LogP contribution in [-0.4, -0.2) is 49.7 Å². The second kappa shape index (κ2) is 9.38.